The Bertz CT molecular complexity index is 173. The molecule has 0 bridgehead atoms. The van der Waals surface area contributed by atoms with Gasteiger partial charge in [-0.05, 0) is 31.4 Å². The van der Waals surface area contributed by atoms with Crippen molar-refractivity contribution in [1.82, 2.24) is 4.90 Å². The smallest absolute Gasteiger partial charge is 0.222 e. The summed E-state index contributed by atoms with van der Waals surface area (Å²) in [6.07, 6.45) is 7.78. The number of carbonyl (C=O) groups is 1. The highest BCUT2D eigenvalue weighted by molar-refractivity contribution is 7.80. The van der Waals surface area contributed by atoms with Gasteiger partial charge < -0.3 is 4.90 Å². The van der Waals surface area contributed by atoms with Crippen LogP contribution in [0.2, 0.25) is 0 Å². The van der Waals surface area contributed by atoms with Crippen LogP contribution in [0.1, 0.15) is 44.9 Å². The highest BCUT2D eigenvalue weighted by Gasteiger charge is 2.14. The molecule has 0 aliphatic carbocycles. The lowest BCUT2D eigenvalue weighted by Gasteiger charge is -2.24. The fourth-order valence-electron chi connectivity index (χ4n) is 1.87. The first-order valence-electron chi connectivity index (χ1n) is 5.73. The number of thiol groups is 1. The van der Waals surface area contributed by atoms with Gasteiger partial charge in [0.2, 0.25) is 5.91 Å². The van der Waals surface area contributed by atoms with E-state index in [0.717, 1.165) is 44.5 Å². The Balaban J connectivity index is 2.26. The SMILES string of the molecule is O=C1CCCCCCN1CCCCS. The van der Waals surface area contributed by atoms with Crippen LogP contribution in [0.5, 0.6) is 0 Å². The molecule has 0 radical (unpaired) electrons. The van der Waals surface area contributed by atoms with Gasteiger partial charge in [0.05, 0.1) is 0 Å². The standard InChI is InChI=1S/C11H21NOS/c13-11-7-3-1-2-4-8-12(11)9-5-6-10-14/h14H,1-10H2. The van der Waals surface area contributed by atoms with Gasteiger partial charge in [0.25, 0.3) is 0 Å². The Morgan fingerprint density at radius 2 is 1.93 bits per heavy atom. The van der Waals surface area contributed by atoms with Gasteiger partial charge in [-0.1, -0.05) is 12.8 Å². The highest BCUT2D eigenvalue weighted by Crippen LogP contribution is 2.12. The molecule has 0 aromatic heterocycles. The average molecular weight is 215 g/mol. The zero-order valence-electron chi connectivity index (χ0n) is 8.87. The molecule has 1 aliphatic rings. The molecule has 2 nitrogen and oxygen atoms in total. The summed E-state index contributed by atoms with van der Waals surface area (Å²) >= 11 is 4.18. The van der Waals surface area contributed by atoms with Crippen molar-refractivity contribution in [2.45, 2.75) is 44.9 Å². The van der Waals surface area contributed by atoms with E-state index in [-0.39, 0.29) is 0 Å². The van der Waals surface area contributed by atoms with Gasteiger partial charge in [-0.2, -0.15) is 12.6 Å². The first-order valence-corrected chi connectivity index (χ1v) is 6.36. The third-order valence-electron chi connectivity index (χ3n) is 2.76. The van der Waals surface area contributed by atoms with E-state index < -0.39 is 0 Å². The summed E-state index contributed by atoms with van der Waals surface area (Å²) < 4.78 is 0. The first-order chi connectivity index (χ1) is 6.84. The van der Waals surface area contributed by atoms with Crippen molar-refractivity contribution in [3.8, 4) is 0 Å². The molecule has 0 unspecified atom stereocenters. The van der Waals surface area contributed by atoms with E-state index in [1.54, 1.807) is 0 Å². The number of carbonyl (C=O) groups excluding carboxylic acids is 1. The molecule has 1 rings (SSSR count). The van der Waals surface area contributed by atoms with E-state index in [2.05, 4.69) is 12.6 Å². The van der Waals surface area contributed by atoms with Gasteiger partial charge in [0.15, 0.2) is 0 Å². The molecular formula is C11H21NOS. The number of likely N-dealkylation sites (tertiary alicyclic amines) is 1. The third-order valence-corrected chi connectivity index (χ3v) is 3.07. The molecule has 0 N–H and O–H groups in total. The van der Waals surface area contributed by atoms with Crippen LogP contribution < -0.4 is 0 Å². The molecule has 3 heteroatoms. The van der Waals surface area contributed by atoms with Crippen LogP contribution in [-0.4, -0.2) is 29.6 Å². The largest absolute Gasteiger partial charge is 0.343 e. The molecule has 0 atom stereocenters. The van der Waals surface area contributed by atoms with Crippen LogP contribution in [0.4, 0.5) is 0 Å². The summed E-state index contributed by atoms with van der Waals surface area (Å²) in [6.45, 7) is 1.92. The van der Waals surface area contributed by atoms with Crippen LogP contribution in [0, 0.1) is 0 Å². The van der Waals surface area contributed by atoms with E-state index in [9.17, 15) is 4.79 Å². The number of hydrogen-bond donors (Lipinski definition) is 1. The predicted octanol–water partition coefficient (Wildman–Crippen LogP) is 2.49. The minimum absolute atomic E-state index is 0.365. The van der Waals surface area contributed by atoms with Crippen LogP contribution in [0.15, 0.2) is 0 Å². The van der Waals surface area contributed by atoms with Crippen molar-refractivity contribution < 1.29 is 4.79 Å². The van der Waals surface area contributed by atoms with Crippen molar-refractivity contribution in [2.75, 3.05) is 18.8 Å². The molecule has 1 heterocycles. The zero-order valence-corrected chi connectivity index (χ0v) is 9.77. The van der Waals surface area contributed by atoms with E-state index in [1.165, 1.54) is 19.3 Å². The molecule has 1 amide bonds. The Morgan fingerprint density at radius 1 is 1.14 bits per heavy atom. The quantitative estimate of drug-likeness (QED) is 0.564. The van der Waals surface area contributed by atoms with Crippen LogP contribution in [0.3, 0.4) is 0 Å². The van der Waals surface area contributed by atoms with Gasteiger partial charge in [-0.25, -0.2) is 0 Å². The van der Waals surface area contributed by atoms with E-state index in [4.69, 9.17) is 0 Å². The normalized spacial score (nSPS) is 19.2. The second kappa shape index (κ2) is 7.16. The minimum atomic E-state index is 0.365. The first kappa shape index (κ1) is 11.9. The fraction of sp³-hybridized carbons (Fsp3) is 0.909. The predicted molar refractivity (Wildman–Crippen MR) is 62.8 cm³/mol. The molecule has 1 saturated heterocycles. The van der Waals surface area contributed by atoms with Gasteiger partial charge in [0, 0.05) is 19.5 Å². The number of hydrogen-bond acceptors (Lipinski definition) is 2. The van der Waals surface area contributed by atoms with Crippen molar-refractivity contribution in [2.24, 2.45) is 0 Å². The van der Waals surface area contributed by atoms with Crippen LogP contribution in [0.25, 0.3) is 0 Å². The maximum absolute atomic E-state index is 11.7. The van der Waals surface area contributed by atoms with Crippen molar-refractivity contribution in [3.63, 3.8) is 0 Å². The molecule has 0 spiro atoms. The topological polar surface area (TPSA) is 20.3 Å². The Morgan fingerprint density at radius 3 is 2.71 bits per heavy atom. The van der Waals surface area contributed by atoms with Crippen LogP contribution >= 0.6 is 12.6 Å². The minimum Gasteiger partial charge on any atom is -0.343 e. The van der Waals surface area contributed by atoms with Crippen LogP contribution in [-0.2, 0) is 4.79 Å². The lowest BCUT2D eigenvalue weighted by Crippen LogP contribution is -2.33. The summed E-state index contributed by atoms with van der Waals surface area (Å²) in [7, 11) is 0. The molecule has 14 heavy (non-hydrogen) atoms. The molecule has 1 aliphatic heterocycles. The highest BCUT2D eigenvalue weighted by atomic mass is 32.1. The summed E-state index contributed by atoms with van der Waals surface area (Å²) in [5.41, 5.74) is 0. The summed E-state index contributed by atoms with van der Waals surface area (Å²) in [5.74, 6) is 1.30. The van der Waals surface area contributed by atoms with Crippen molar-refractivity contribution in [1.29, 1.82) is 0 Å². The van der Waals surface area contributed by atoms with Crippen molar-refractivity contribution >= 4 is 18.5 Å². The summed E-state index contributed by atoms with van der Waals surface area (Å²) in [4.78, 5) is 13.7. The second-order valence-electron chi connectivity index (χ2n) is 3.98. The van der Waals surface area contributed by atoms with Gasteiger partial charge >= 0.3 is 0 Å². The van der Waals surface area contributed by atoms with E-state index in [1.807, 2.05) is 4.90 Å². The van der Waals surface area contributed by atoms with Gasteiger partial charge in [-0.3, -0.25) is 4.79 Å². The third kappa shape index (κ3) is 4.36. The second-order valence-corrected chi connectivity index (χ2v) is 4.42. The lowest BCUT2D eigenvalue weighted by atomic mass is 10.1. The van der Waals surface area contributed by atoms with Gasteiger partial charge in [0.1, 0.15) is 0 Å². The molecule has 1 fully saturated rings. The number of nitrogens with zero attached hydrogens (tertiary/aromatic N) is 1. The average Bonchev–Trinajstić information content (AvgIpc) is 2.17. The van der Waals surface area contributed by atoms with Gasteiger partial charge in [-0.15, -0.1) is 0 Å². The molecule has 0 saturated carbocycles. The number of rotatable bonds is 4. The molecular weight excluding hydrogens is 194 g/mol. The Hall–Kier alpha value is -0.180. The maximum Gasteiger partial charge on any atom is 0.222 e. The summed E-state index contributed by atoms with van der Waals surface area (Å²) in [6, 6.07) is 0. The fourth-order valence-corrected chi connectivity index (χ4v) is 2.09. The van der Waals surface area contributed by atoms with E-state index in [0.29, 0.717) is 5.91 Å². The Labute approximate surface area is 92.5 Å². The van der Waals surface area contributed by atoms with E-state index >= 15 is 0 Å². The van der Waals surface area contributed by atoms with Crippen molar-refractivity contribution in [3.05, 3.63) is 0 Å². The zero-order chi connectivity index (χ0) is 10.2. The maximum atomic E-state index is 11.7. The monoisotopic (exact) mass is 215 g/mol. The molecule has 82 valence electrons. The Kier molecular flexibility index (Phi) is 6.08. The molecule has 0 aromatic rings. The number of unbranched alkanes of at least 4 members (excludes halogenated alkanes) is 1. The lowest BCUT2D eigenvalue weighted by molar-refractivity contribution is -0.131. The number of amides is 1. The summed E-state index contributed by atoms with van der Waals surface area (Å²) in [5, 5.41) is 0. The molecule has 0 aromatic carbocycles.